The lowest BCUT2D eigenvalue weighted by atomic mass is 10.1. The number of ketones is 1. The van der Waals surface area contributed by atoms with E-state index in [0.29, 0.717) is 5.56 Å². The molecule has 2 aromatic rings. The number of thioether (sulfide) groups is 1. The molecule has 0 fully saturated rings. The summed E-state index contributed by atoms with van der Waals surface area (Å²) in [7, 11) is -0.517. The van der Waals surface area contributed by atoms with Crippen LogP contribution in [-0.2, 0) is 10.0 Å². The van der Waals surface area contributed by atoms with E-state index in [1.54, 1.807) is 12.1 Å². The van der Waals surface area contributed by atoms with Crippen LogP contribution in [0.15, 0.2) is 38.9 Å². The Morgan fingerprint density at radius 3 is 2.41 bits per heavy atom. The van der Waals surface area contributed by atoms with Gasteiger partial charge in [0.2, 0.25) is 10.0 Å². The summed E-state index contributed by atoms with van der Waals surface area (Å²) in [5.41, 5.74) is 1.44. The fourth-order valence-electron chi connectivity index (χ4n) is 1.63. The van der Waals surface area contributed by atoms with Crippen molar-refractivity contribution < 1.29 is 13.2 Å². The second kappa shape index (κ2) is 6.91. The molecule has 1 aromatic carbocycles. The summed E-state index contributed by atoms with van der Waals surface area (Å²) in [6.45, 7) is 1.91. The zero-order chi connectivity index (χ0) is 16.3. The lowest BCUT2D eigenvalue weighted by Gasteiger charge is -2.11. The highest BCUT2D eigenvalue weighted by atomic mass is 32.2. The first-order valence-electron chi connectivity index (χ1n) is 6.41. The summed E-state index contributed by atoms with van der Waals surface area (Å²) in [5, 5.41) is 1.94. The predicted molar refractivity (Wildman–Crippen MR) is 89.2 cm³/mol. The van der Waals surface area contributed by atoms with Gasteiger partial charge in [0.05, 0.1) is 10.6 Å². The van der Waals surface area contributed by atoms with Crippen LogP contribution >= 0.6 is 23.1 Å². The van der Waals surface area contributed by atoms with Gasteiger partial charge in [0.15, 0.2) is 10.1 Å². The number of rotatable bonds is 6. The third kappa shape index (κ3) is 3.95. The molecule has 0 unspecified atom stereocenters. The first-order valence-corrected chi connectivity index (χ1v) is 9.72. The molecule has 2 rings (SSSR count). The lowest BCUT2D eigenvalue weighted by molar-refractivity contribution is 0.102. The Balaban J connectivity index is 2.05. The third-order valence-electron chi connectivity index (χ3n) is 2.88. The zero-order valence-electron chi connectivity index (χ0n) is 12.4. The van der Waals surface area contributed by atoms with Crippen LogP contribution < -0.4 is 0 Å². The Labute approximate surface area is 138 Å². The van der Waals surface area contributed by atoms with Gasteiger partial charge in [-0.15, -0.1) is 11.3 Å². The number of carbonyl (C=O) groups excluding carboxylic acids is 1. The van der Waals surface area contributed by atoms with Gasteiger partial charge < -0.3 is 0 Å². The van der Waals surface area contributed by atoms with E-state index >= 15 is 0 Å². The van der Waals surface area contributed by atoms with Crippen LogP contribution in [0.25, 0.3) is 0 Å². The molecule has 0 N–H and O–H groups in total. The standard InChI is InChI=1S/C14H16N2O3S3/c1-10-8-20-14(15-10)21-9-13(17)11-4-6-12(7-5-11)22(18,19)16(2)3/h4-8H,9H2,1-3H3. The molecular formula is C14H16N2O3S3. The van der Waals surface area contributed by atoms with Crippen LogP contribution in [0.2, 0.25) is 0 Å². The second-order valence-corrected chi connectivity index (χ2v) is 9.01. The zero-order valence-corrected chi connectivity index (χ0v) is 14.9. The molecule has 5 nitrogen and oxygen atoms in total. The summed E-state index contributed by atoms with van der Waals surface area (Å²) < 4.78 is 25.9. The number of nitrogens with zero attached hydrogens (tertiary/aromatic N) is 2. The van der Waals surface area contributed by atoms with E-state index in [1.165, 1.54) is 49.3 Å². The summed E-state index contributed by atoms with van der Waals surface area (Å²) in [6.07, 6.45) is 0. The average Bonchev–Trinajstić information content (AvgIpc) is 2.90. The molecule has 0 amide bonds. The summed E-state index contributed by atoms with van der Waals surface area (Å²) >= 11 is 2.90. The normalized spacial score (nSPS) is 11.8. The number of sulfonamides is 1. The van der Waals surface area contributed by atoms with Gasteiger partial charge in [0.1, 0.15) is 0 Å². The minimum absolute atomic E-state index is 0.0494. The van der Waals surface area contributed by atoms with Crippen LogP contribution in [-0.4, -0.2) is 43.3 Å². The van der Waals surface area contributed by atoms with E-state index in [4.69, 9.17) is 0 Å². The molecular weight excluding hydrogens is 340 g/mol. The molecule has 1 heterocycles. The predicted octanol–water partition coefficient (Wildman–Crippen LogP) is 2.68. The smallest absolute Gasteiger partial charge is 0.242 e. The molecule has 0 spiro atoms. The Morgan fingerprint density at radius 1 is 1.27 bits per heavy atom. The highest BCUT2D eigenvalue weighted by Crippen LogP contribution is 2.23. The molecule has 0 aliphatic heterocycles. The van der Waals surface area contributed by atoms with Crippen molar-refractivity contribution in [3.8, 4) is 0 Å². The maximum Gasteiger partial charge on any atom is 0.242 e. The van der Waals surface area contributed by atoms with Crippen LogP contribution in [0.4, 0.5) is 0 Å². The number of aryl methyl sites for hydroxylation is 1. The molecule has 0 radical (unpaired) electrons. The van der Waals surface area contributed by atoms with Crippen molar-refractivity contribution in [1.82, 2.24) is 9.29 Å². The van der Waals surface area contributed by atoms with Crippen LogP contribution in [0.5, 0.6) is 0 Å². The van der Waals surface area contributed by atoms with Crippen LogP contribution in [0.3, 0.4) is 0 Å². The first-order chi connectivity index (χ1) is 10.3. The van der Waals surface area contributed by atoms with E-state index in [-0.39, 0.29) is 16.4 Å². The number of hydrogen-bond donors (Lipinski definition) is 0. The molecule has 118 valence electrons. The van der Waals surface area contributed by atoms with E-state index in [2.05, 4.69) is 4.98 Å². The highest BCUT2D eigenvalue weighted by Gasteiger charge is 2.17. The van der Waals surface area contributed by atoms with Gasteiger partial charge in [0, 0.05) is 30.7 Å². The Bertz CT molecular complexity index is 765. The number of Topliss-reactive ketones (excluding diaryl/α,β-unsaturated/α-hetero) is 1. The molecule has 22 heavy (non-hydrogen) atoms. The minimum Gasteiger partial charge on any atom is -0.293 e. The topological polar surface area (TPSA) is 67.3 Å². The fraction of sp³-hybridized carbons (Fsp3) is 0.286. The molecule has 0 bridgehead atoms. The van der Waals surface area contributed by atoms with Gasteiger partial charge in [0.25, 0.3) is 0 Å². The first kappa shape index (κ1) is 17.1. The number of aromatic nitrogens is 1. The second-order valence-electron chi connectivity index (χ2n) is 4.78. The Morgan fingerprint density at radius 2 is 1.91 bits per heavy atom. The SMILES string of the molecule is Cc1csc(SCC(=O)c2ccc(S(=O)(=O)N(C)C)cc2)n1. The van der Waals surface area contributed by atoms with Crippen molar-refractivity contribution >= 4 is 38.9 Å². The summed E-state index contributed by atoms with van der Waals surface area (Å²) in [5.74, 6) is 0.235. The number of hydrogen-bond acceptors (Lipinski definition) is 6. The van der Waals surface area contributed by atoms with Crippen molar-refractivity contribution in [3.05, 3.63) is 40.9 Å². The van der Waals surface area contributed by atoms with E-state index < -0.39 is 10.0 Å². The summed E-state index contributed by atoms with van der Waals surface area (Å²) in [4.78, 5) is 16.6. The molecule has 0 saturated carbocycles. The van der Waals surface area contributed by atoms with Gasteiger partial charge in [-0.2, -0.15) is 0 Å². The van der Waals surface area contributed by atoms with Crippen molar-refractivity contribution in [3.63, 3.8) is 0 Å². The maximum atomic E-state index is 12.1. The minimum atomic E-state index is -3.46. The van der Waals surface area contributed by atoms with E-state index in [9.17, 15) is 13.2 Å². The van der Waals surface area contributed by atoms with E-state index in [0.717, 1.165) is 14.3 Å². The molecule has 8 heteroatoms. The van der Waals surface area contributed by atoms with Gasteiger partial charge in [-0.1, -0.05) is 23.9 Å². The molecule has 0 saturated heterocycles. The monoisotopic (exact) mass is 356 g/mol. The van der Waals surface area contributed by atoms with Gasteiger partial charge in [-0.05, 0) is 19.1 Å². The van der Waals surface area contributed by atoms with Gasteiger partial charge in [-0.3, -0.25) is 4.79 Å². The highest BCUT2D eigenvalue weighted by molar-refractivity contribution is 8.01. The van der Waals surface area contributed by atoms with Gasteiger partial charge in [-0.25, -0.2) is 17.7 Å². The van der Waals surface area contributed by atoms with Gasteiger partial charge >= 0.3 is 0 Å². The molecule has 0 aliphatic carbocycles. The Hall–Kier alpha value is -1.22. The quantitative estimate of drug-likeness (QED) is 0.588. The van der Waals surface area contributed by atoms with Crippen LogP contribution in [0, 0.1) is 6.92 Å². The fourth-order valence-corrected chi connectivity index (χ4v) is 4.28. The molecule has 1 aromatic heterocycles. The number of benzene rings is 1. The van der Waals surface area contributed by atoms with Crippen molar-refractivity contribution in [2.75, 3.05) is 19.8 Å². The van der Waals surface area contributed by atoms with E-state index in [1.807, 2.05) is 12.3 Å². The van der Waals surface area contributed by atoms with Crippen molar-refractivity contribution in [2.45, 2.75) is 16.2 Å². The third-order valence-corrected chi connectivity index (χ3v) is 6.85. The molecule has 0 aliphatic rings. The Kier molecular flexibility index (Phi) is 5.38. The van der Waals surface area contributed by atoms with Crippen molar-refractivity contribution in [1.29, 1.82) is 0 Å². The average molecular weight is 356 g/mol. The van der Waals surface area contributed by atoms with Crippen LogP contribution in [0.1, 0.15) is 16.1 Å². The van der Waals surface area contributed by atoms with Crippen molar-refractivity contribution in [2.24, 2.45) is 0 Å². The largest absolute Gasteiger partial charge is 0.293 e. The lowest BCUT2D eigenvalue weighted by Crippen LogP contribution is -2.22. The number of carbonyl (C=O) groups is 1. The summed E-state index contributed by atoms with van der Waals surface area (Å²) in [6, 6.07) is 6.01. The molecule has 0 atom stereocenters. The number of thiazole rings is 1. The maximum absolute atomic E-state index is 12.1.